The van der Waals surface area contributed by atoms with E-state index in [-0.39, 0.29) is 0 Å². The Morgan fingerprint density at radius 1 is 1.47 bits per heavy atom. The number of nitrogens with zero attached hydrogens (tertiary/aromatic N) is 4. The summed E-state index contributed by atoms with van der Waals surface area (Å²) in [6.07, 6.45) is 3.09. The van der Waals surface area contributed by atoms with Gasteiger partial charge >= 0.3 is 0 Å². The van der Waals surface area contributed by atoms with Gasteiger partial charge in [0.15, 0.2) is 0 Å². The molecule has 5 nitrogen and oxygen atoms in total. The van der Waals surface area contributed by atoms with Gasteiger partial charge in [0.1, 0.15) is 5.01 Å². The highest BCUT2D eigenvalue weighted by atomic mass is 32.1. The van der Waals surface area contributed by atoms with Crippen molar-refractivity contribution in [2.45, 2.75) is 18.3 Å². The first-order valence-electron chi connectivity index (χ1n) is 4.82. The molecule has 15 heavy (non-hydrogen) atoms. The molecule has 2 aromatic heterocycles. The summed E-state index contributed by atoms with van der Waals surface area (Å²) < 4.78 is 1.83. The van der Waals surface area contributed by atoms with E-state index >= 15 is 0 Å². The van der Waals surface area contributed by atoms with Gasteiger partial charge in [-0.05, 0) is 12.5 Å². The molecule has 0 unspecified atom stereocenters. The second-order valence-corrected chi connectivity index (χ2v) is 4.88. The van der Waals surface area contributed by atoms with Crippen molar-refractivity contribution in [1.82, 2.24) is 20.0 Å². The lowest BCUT2D eigenvalue weighted by atomic mass is 10.2. The number of hydrogen-bond acceptors (Lipinski definition) is 5. The van der Waals surface area contributed by atoms with Crippen LogP contribution in [0.3, 0.4) is 0 Å². The monoisotopic (exact) mass is 221 g/mol. The quantitative estimate of drug-likeness (QED) is 0.825. The van der Waals surface area contributed by atoms with E-state index in [1.54, 1.807) is 0 Å². The highest BCUT2D eigenvalue weighted by Crippen LogP contribution is 2.54. The fraction of sp³-hybridized carbons (Fsp3) is 0.444. The second kappa shape index (κ2) is 3.03. The molecule has 1 aliphatic carbocycles. The Kier molecular flexibility index (Phi) is 1.79. The van der Waals surface area contributed by atoms with Gasteiger partial charge in [-0.15, -0.1) is 10.2 Å². The van der Waals surface area contributed by atoms with Gasteiger partial charge in [0.05, 0.1) is 5.69 Å². The fourth-order valence-corrected chi connectivity index (χ4v) is 2.61. The van der Waals surface area contributed by atoms with Crippen LogP contribution in [0.1, 0.15) is 29.0 Å². The lowest BCUT2D eigenvalue weighted by Crippen LogP contribution is -1.90. The smallest absolute Gasteiger partial charge is 0.203 e. The summed E-state index contributed by atoms with van der Waals surface area (Å²) in [6, 6.07) is 2.06. The maximum Gasteiger partial charge on any atom is 0.203 e. The highest BCUT2D eigenvalue weighted by molar-refractivity contribution is 7.15. The van der Waals surface area contributed by atoms with E-state index in [4.69, 9.17) is 5.73 Å². The van der Waals surface area contributed by atoms with E-state index in [0.717, 1.165) is 17.1 Å². The minimum Gasteiger partial charge on any atom is -0.374 e. The molecule has 0 spiro atoms. The molecule has 3 rings (SSSR count). The maximum absolute atomic E-state index is 5.56. The summed E-state index contributed by atoms with van der Waals surface area (Å²) in [4.78, 5) is 0. The highest BCUT2D eigenvalue weighted by Gasteiger charge is 2.43. The number of nitrogen functional groups attached to an aromatic ring is 1. The molecule has 0 amide bonds. The minimum absolute atomic E-state index is 0.481. The first-order chi connectivity index (χ1) is 7.24. The Morgan fingerprint density at radius 2 is 2.33 bits per heavy atom. The fourth-order valence-electron chi connectivity index (χ4n) is 1.82. The standard InChI is InChI=1S/C9H11N5S/c1-14-3-2-7(13-14)5-4-6(5)8-11-12-9(10)15-8/h2-3,5-6H,4H2,1H3,(H2,10,12)/t5-,6-/m1/s1. The zero-order valence-corrected chi connectivity index (χ0v) is 9.11. The van der Waals surface area contributed by atoms with Gasteiger partial charge in [0, 0.05) is 25.1 Å². The summed E-state index contributed by atoms with van der Waals surface area (Å²) in [7, 11) is 1.93. The van der Waals surface area contributed by atoms with E-state index in [1.165, 1.54) is 11.3 Å². The molecule has 78 valence electrons. The number of nitrogens with two attached hydrogens (primary N) is 1. The van der Waals surface area contributed by atoms with Crippen molar-refractivity contribution >= 4 is 16.5 Å². The Hall–Kier alpha value is -1.43. The van der Waals surface area contributed by atoms with E-state index < -0.39 is 0 Å². The zero-order valence-electron chi connectivity index (χ0n) is 8.29. The van der Waals surface area contributed by atoms with Crippen molar-refractivity contribution in [3.63, 3.8) is 0 Å². The Bertz CT molecular complexity index is 444. The molecule has 0 aromatic carbocycles. The van der Waals surface area contributed by atoms with Crippen LogP contribution in [0.25, 0.3) is 0 Å². The molecule has 2 atom stereocenters. The number of aryl methyl sites for hydroxylation is 1. The normalized spacial score (nSPS) is 24.3. The Labute approximate surface area is 90.9 Å². The predicted molar refractivity (Wildman–Crippen MR) is 57.6 cm³/mol. The number of hydrogen-bond donors (Lipinski definition) is 1. The Morgan fingerprint density at radius 3 is 2.93 bits per heavy atom. The third kappa shape index (κ3) is 1.50. The van der Waals surface area contributed by atoms with Gasteiger partial charge in [-0.3, -0.25) is 4.68 Å². The number of rotatable bonds is 2. The van der Waals surface area contributed by atoms with E-state index in [2.05, 4.69) is 21.4 Å². The first-order valence-corrected chi connectivity index (χ1v) is 5.64. The van der Waals surface area contributed by atoms with E-state index in [9.17, 15) is 0 Å². The third-order valence-electron chi connectivity index (χ3n) is 2.68. The van der Waals surface area contributed by atoms with Crippen molar-refractivity contribution in [3.8, 4) is 0 Å². The molecule has 1 aliphatic rings. The zero-order chi connectivity index (χ0) is 10.4. The average molecular weight is 221 g/mol. The summed E-state index contributed by atoms with van der Waals surface area (Å²) >= 11 is 1.48. The summed E-state index contributed by atoms with van der Waals surface area (Å²) in [5.74, 6) is 0.994. The van der Waals surface area contributed by atoms with Crippen LogP contribution in [-0.2, 0) is 7.05 Å². The topological polar surface area (TPSA) is 69.6 Å². The van der Waals surface area contributed by atoms with Gasteiger partial charge in [-0.25, -0.2) is 0 Å². The largest absolute Gasteiger partial charge is 0.374 e. The van der Waals surface area contributed by atoms with Gasteiger partial charge in [0.2, 0.25) is 5.13 Å². The van der Waals surface area contributed by atoms with E-state index in [0.29, 0.717) is 17.0 Å². The minimum atomic E-state index is 0.481. The molecular formula is C9H11N5S. The van der Waals surface area contributed by atoms with Gasteiger partial charge in [0.25, 0.3) is 0 Å². The lowest BCUT2D eigenvalue weighted by molar-refractivity contribution is 0.740. The number of anilines is 1. The lowest BCUT2D eigenvalue weighted by Gasteiger charge is -1.91. The van der Waals surface area contributed by atoms with Crippen LogP contribution in [-0.4, -0.2) is 20.0 Å². The second-order valence-electron chi connectivity index (χ2n) is 3.84. The first kappa shape index (κ1) is 8.84. The van der Waals surface area contributed by atoms with Crippen molar-refractivity contribution in [2.75, 3.05) is 5.73 Å². The number of aromatic nitrogens is 4. The van der Waals surface area contributed by atoms with E-state index in [1.807, 2.05) is 17.9 Å². The molecule has 1 saturated carbocycles. The summed E-state index contributed by atoms with van der Waals surface area (Å²) in [5.41, 5.74) is 6.71. The van der Waals surface area contributed by atoms with Crippen LogP contribution in [0.15, 0.2) is 12.3 Å². The molecule has 0 aliphatic heterocycles. The molecule has 0 saturated heterocycles. The molecule has 2 N–H and O–H groups in total. The van der Waals surface area contributed by atoms with Gasteiger partial charge in [-0.2, -0.15) is 5.10 Å². The molecule has 2 aromatic rings. The summed E-state index contributed by atoms with van der Waals surface area (Å²) in [5, 5.41) is 13.9. The van der Waals surface area contributed by atoms with Crippen LogP contribution in [0, 0.1) is 0 Å². The SMILES string of the molecule is Cn1ccc([C@@H]2C[C@H]2c2nnc(N)s2)n1. The Balaban J connectivity index is 1.79. The molecule has 0 bridgehead atoms. The third-order valence-corrected chi connectivity index (χ3v) is 3.56. The molecular weight excluding hydrogens is 210 g/mol. The van der Waals surface area contributed by atoms with Crippen LogP contribution < -0.4 is 5.73 Å². The van der Waals surface area contributed by atoms with Gasteiger partial charge < -0.3 is 5.73 Å². The summed E-state index contributed by atoms with van der Waals surface area (Å²) in [6.45, 7) is 0. The van der Waals surface area contributed by atoms with Crippen LogP contribution in [0.5, 0.6) is 0 Å². The van der Waals surface area contributed by atoms with Crippen molar-refractivity contribution in [2.24, 2.45) is 7.05 Å². The molecule has 6 heteroatoms. The van der Waals surface area contributed by atoms with Crippen LogP contribution >= 0.6 is 11.3 Å². The van der Waals surface area contributed by atoms with Crippen molar-refractivity contribution < 1.29 is 0 Å². The molecule has 2 heterocycles. The maximum atomic E-state index is 5.56. The molecule has 0 radical (unpaired) electrons. The predicted octanol–water partition coefficient (Wildman–Crippen LogP) is 1.12. The van der Waals surface area contributed by atoms with Gasteiger partial charge in [-0.1, -0.05) is 11.3 Å². The molecule has 1 fully saturated rings. The average Bonchev–Trinajstić information content (AvgIpc) is 2.70. The van der Waals surface area contributed by atoms with Crippen molar-refractivity contribution in [3.05, 3.63) is 23.0 Å². The van der Waals surface area contributed by atoms with Crippen LogP contribution in [0.4, 0.5) is 5.13 Å². The van der Waals surface area contributed by atoms with Crippen molar-refractivity contribution in [1.29, 1.82) is 0 Å². The van der Waals surface area contributed by atoms with Crippen LogP contribution in [0.2, 0.25) is 0 Å².